The quantitative estimate of drug-likeness (QED) is 0.766. The van der Waals surface area contributed by atoms with Gasteiger partial charge in [0, 0.05) is 16.2 Å². The molecule has 0 spiro atoms. The lowest BCUT2D eigenvalue weighted by molar-refractivity contribution is 0.428. The van der Waals surface area contributed by atoms with E-state index in [9.17, 15) is 0 Å². The molecule has 1 aliphatic rings. The number of rotatable bonds is 6. The maximum absolute atomic E-state index is 6.10. The molecule has 1 N–H and O–H groups in total. The molecule has 21 heavy (non-hydrogen) atoms. The van der Waals surface area contributed by atoms with Crippen LogP contribution in [0.2, 0.25) is 4.34 Å². The molecular weight excluding hydrogens is 322 g/mol. The van der Waals surface area contributed by atoms with E-state index in [1.807, 2.05) is 30.0 Å². The minimum absolute atomic E-state index is 0.0992. The van der Waals surface area contributed by atoms with Crippen LogP contribution in [0.5, 0.6) is 0 Å². The third-order valence-electron chi connectivity index (χ3n) is 4.28. The molecule has 2 aromatic heterocycles. The van der Waals surface area contributed by atoms with Crippen LogP contribution in [0.25, 0.3) is 0 Å². The summed E-state index contributed by atoms with van der Waals surface area (Å²) in [6.07, 6.45) is 9.27. The number of hydrogen-bond donors (Lipinski definition) is 1. The Balaban J connectivity index is 1.77. The first-order valence-electron chi connectivity index (χ1n) is 7.30. The Kier molecular flexibility index (Phi) is 4.99. The average molecular weight is 342 g/mol. The van der Waals surface area contributed by atoms with Gasteiger partial charge in [0.05, 0.1) is 10.6 Å². The van der Waals surface area contributed by atoms with Crippen LogP contribution in [0.1, 0.15) is 42.4 Å². The number of furan rings is 1. The molecule has 0 amide bonds. The smallest absolute Gasteiger partial charge is 0.126 e. The second-order valence-electron chi connectivity index (χ2n) is 5.57. The Hall–Kier alpha value is -0.420. The third-order valence-corrected chi connectivity index (χ3v) is 7.00. The van der Waals surface area contributed by atoms with Gasteiger partial charge in [0.1, 0.15) is 11.8 Å². The summed E-state index contributed by atoms with van der Waals surface area (Å²) in [5.74, 6) is 0.961. The van der Waals surface area contributed by atoms with Crippen LogP contribution in [-0.4, -0.2) is 17.5 Å². The van der Waals surface area contributed by atoms with Crippen molar-refractivity contribution in [3.8, 4) is 0 Å². The van der Waals surface area contributed by atoms with E-state index < -0.39 is 0 Å². The standard InChI is InChI=1S/C16H20ClNOS2/c1-20-16(8-2-3-9-16)11-18-15(12-5-4-10-19-12)13-6-7-14(17)21-13/h4-7,10,15,18H,2-3,8-9,11H2,1H3. The lowest BCUT2D eigenvalue weighted by atomic mass is 10.1. The van der Waals surface area contributed by atoms with E-state index in [0.717, 1.165) is 16.6 Å². The fourth-order valence-electron chi connectivity index (χ4n) is 3.04. The highest BCUT2D eigenvalue weighted by Crippen LogP contribution is 2.40. The second kappa shape index (κ2) is 6.78. The van der Waals surface area contributed by atoms with E-state index in [4.69, 9.17) is 16.0 Å². The molecule has 2 aromatic rings. The molecule has 3 rings (SSSR count). The van der Waals surface area contributed by atoms with E-state index in [1.165, 1.54) is 30.6 Å². The van der Waals surface area contributed by atoms with Gasteiger partial charge in [0.25, 0.3) is 0 Å². The Morgan fingerprint density at radius 1 is 1.38 bits per heavy atom. The van der Waals surface area contributed by atoms with Crippen molar-refractivity contribution < 1.29 is 4.42 Å². The number of thioether (sulfide) groups is 1. The maximum atomic E-state index is 6.10. The van der Waals surface area contributed by atoms with Gasteiger partial charge in [-0.15, -0.1) is 11.3 Å². The molecule has 1 fully saturated rings. The minimum atomic E-state index is 0.0992. The van der Waals surface area contributed by atoms with Crippen molar-refractivity contribution in [2.75, 3.05) is 12.8 Å². The lowest BCUT2D eigenvalue weighted by Crippen LogP contribution is -2.37. The summed E-state index contributed by atoms with van der Waals surface area (Å²) < 4.78 is 6.84. The largest absolute Gasteiger partial charge is 0.467 e. The van der Waals surface area contributed by atoms with Gasteiger partial charge < -0.3 is 9.73 Å². The summed E-state index contributed by atoms with van der Waals surface area (Å²) in [4.78, 5) is 1.21. The number of halogens is 1. The third kappa shape index (κ3) is 3.50. The first-order chi connectivity index (χ1) is 10.2. The van der Waals surface area contributed by atoms with Crippen LogP contribution >= 0.6 is 34.7 Å². The number of nitrogens with one attached hydrogen (secondary N) is 1. The summed E-state index contributed by atoms with van der Waals surface area (Å²) in [5.41, 5.74) is 0. The topological polar surface area (TPSA) is 25.2 Å². The molecule has 1 unspecified atom stereocenters. The number of hydrogen-bond acceptors (Lipinski definition) is 4. The van der Waals surface area contributed by atoms with E-state index >= 15 is 0 Å². The zero-order valence-corrected chi connectivity index (χ0v) is 14.5. The van der Waals surface area contributed by atoms with Gasteiger partial charge in [-0.05, 0) is 43.4 Å². The van der Waals surface area contributed by atoms with Gasteiger partial charge >= 0.3 is 0 Å². The normalized spacial score (nSPS) is 19.0. The van der Waals surface area contributed by atoms with Gasteiger partial charge in [0.2, 0.25) is 0 Å². The van der Waals surface area contributed by atoms with Crippen molar-refractivity contribution >= 4 is 34.7 Å². The van der Waals surface area contributed by atoms with E-state index in [1.54, 1.807) is 17.6 Å². The monoisotopic (exact) mass is 341 g/mol. The zero-order chi connectivity index (χ0) is 14.7. The van der Waals surface area contributed by atoms with Gasteiger partial charge in [-0.2, -0.15) is 11.8 Å². The molecule has 2 heterocycles. The molecule has 0 radical (unpaired) electrons. The molecule has 2 nitrogen and oxygen atoms in total. The lowest BCUT2D eigenvalue weighted by Gasteiger charge is -2.29. The van der Waals surface area contributed by atoms with Crippen molar-refractivity contribution in [3.05, 3.63) is 45.5 Å². The van der Waals surface area contributed by atoms with E-state index in [-0.39, 0.29) is 6.04 Å². The van der Waals surface area contributed by atoms with Crippen LogP contribution in [0, 0.1) is 0 Å². The summed E-state index contributed by atoms with van der Waals surface area (Å²) in [5, 5.41) is 3.72. The zero-order valence-electron chi connectivity index (χ0n) is 12.1. The first kappa shape index (κ1) is 15.5. The van der Waals surface area contributed by atoms with Crippen molar-refractivity contribution in [3.63, 3.8) is 0 Å². The van der Waals surface area contributed by atoms with Crippen LogP contribution in [0.4, 0.5) is 0 Å². The second-order valence-corrected chi connectivity index (χ2v) is 8.59. The highest BCUT2D eigenvalue weighted by atomic mass is 35.5. The SMILES string of the molecule is CSC1(CNC(c2ccco2)c2ccc(Cl)s2)CCCC1. The van der Waals surface area contributed by atoms with E-state index in [0.29, 0.717) is 4.75 Å². The van der Waals surface area contributed by atoms with Gasteiger partial charge in [-0.1, -0.05) is 24.4 Å². The molecule has 0 bridgehead atoms. The summed E-state index contributed by atoms with van der Waals surface area (Å²) in [6.45, 7) is 1.01. The van der Waals surface area contributed by atoms with Crippen LogP contribution in [0.15, 0.2) is 34.9 Å². The maximum Gasteiger partial charge on any atom is 0.126 e. The molecule has 0 saturated heterocycles. The van der Waals surface area contributed by atoms with E-state index in [2.05, 4.69) is 17.6 Å². The Bertz CT molecular complexity index is 561. The van der Waals surface area contributed by atoms with Crippen LogP contribution < -0.4 is 5.32 Å². The molecule has 1 aliphatic carbocycles. The molecule has 0 aliphatic heterocycles. The van der Waals surface area contributed by atoms with Gasteiger partial charge in [-0.25, -0.2) is 0 Å². The fraction of sp³-hybridized carbons (Fsp3) is 0.500. The van der Waals surface area contributed by atoms with Crippen molar-refractivity contribution in [2.45, 2.75) is 36.5 Å². The molecule has 5 heteroatoms. The molecule has 1 atom stereocenters. The predicted octanol–water partition coefficient (Wildman–Crippen LogP) is 5.35. The number of thiophene rings is 1. The predicted molar refractivity (Wildman–Crippen MR) is 92.6 cm³/mol. The molecule has 1 saturated carbocycles. The molecular formula is C16H20ClNOS2. The first-order valence-corrected chi connectivity index (χ1v) is 9.71. The highest BCUT2D eigenvalue weighted by molar-refractivity contribution is 8.00. The highest BCUT2D eigenvalue weighted by Gasteiger charge is 2.34. The fourth-order valence-corrected chi connectivity index (χ4v) is 5.11. The summed E-state index contributed by atoms with van der Waals surface area (Å²) >= 11 is 9.73. The molecule has 114 valence electrons. The van der Waals surface area contributed by atoms with Crippen molar-refractivity contribution in [2.24, 2.45) is 0 Å². The van der Waals surface area contributed by atoms with Crippen molar-refractivity contribution in [1.29, 1.82) is 0 Å². The van der Waals surface area contributed by atoms with Crippen LogP contribution in [-0.2, 0) is 0 Å². The van der Waals surface area contributed by atoms with Crippen LogP contribution in [0.3, 0.4) is 0 Å². The minimum Gasteiger partial charge on any atom is -0.467 e. The van der Waals surface area contributed by atoms with Crippen molar-refractivity contribution in [1.82, 2.24) is 5.32 Å². The van der Waals surface area contributed by atoms with Gasteiger partial charge in [-0.3, -0.25) is 0 Å². The molecule has 0 aromatic carbocycles. The summed E-state index contributed by atoms with van der Waals surface area (Å²) in [7, 11) is 0. The van der Waals surface area contributed by atoms with Gasteiger partial charge in [0.15, 0.2) is 0 Å². The Morgan fingerprint density at radius 3 is 2.76 bits per heavy atom. The summed E-state index contributed by atoms with van der Waals surface area (Å²) in [6, 6.07) is 8.12. The average Bonchev–Trinajstić information content (AvgIpc) is 3.22. The Labute approximate surface area is 139 Å². The Morgan fingerprint density at radius 2 is 2.19 bits per heavy atom.